The molecule has 0 atom stereocenters. The second-order valence-corrected chi connectivity index (χ2v) is 5.89. The number of hydrogen-bond acceptors (Lipinski definition) is 2. The molecule has 0 bridgehead atoms. The molecule has 2 rings (SSSR count). The van der Waals surface area contributed by atoms with Gasteiger partial charge in [-0.05, 0) is 31.0 Å². The highest BCUT2D eigenvalue weighted by atomic mass is 19.1. The number of halogens is 2. The predicted octanol–water partition coefficient (Wildman–Crippen LogP) is 2.32. The number of carbonyl (C=O) groups is 2. The molecule has 0 aromatic heterocycles. The van der Waals surface area contributed by atoms with Crippen molar-refractivity contribution < 1.29 is 18.4 Å². The van der Waals surface area contributed by atoms with Gasteiger partial charge in [0.2, 0.25) is 11.8 Å². The third-order valence-corrected chi connectivity index (χ3v) is 4.08. The summed E-state index contributed by atoms with van der Waals surface area (Å²) in [4.78, 5) is 23.6. The third kappa shape index (κ3) is 5.62. The van der Waals surface area contributed by atoms with Crippen LogP contribution < -0.4 is 10.6 Å². The molecule has 0 aliphatic heterocycles. The number of carbonyl (C=O) groups excluding carboxylic acids is 2. The highest BCUT2D eigenvalue weighted by molar-refractivity contribution is 5.79. The molecule has 6 heteroatoms. The first-order valence-corrected chi connectivity index (χ1v) is 8.04. The monoisotopic (exact) mass is 324 g/mol. The smallest absolute Gasteiger partial charge is 0.224 e. The summed E-state index contributed by atoms with van der Waals surface area (Å²) in [6.07, 6.45) is 5.01. The fourth-order valence-corrected chi connectivity index (χ4v) is 2.81. The normalized spacial score (nSPS) is 15.2. The van der Waals surface area contributed by atoms with E-state index in [1.165, 1.54) is 6.42 Å². The lowest BCUT2D eigenvalue weighted by atomic mass is 9.89. The first-order chi connectivity index (χ1) is 11.1. The van der Waals surface area contributed by atoms with E-state index in [0.29, 0.717) is 6.54 Å². The van der Waals surface area contributed by atoms with Crippen LogP contribution >= 0.6 is 0 Å². The summed E-state index contributed by atoms with van der Waals surface area (Å²) in [6.45, 7) is 0.612. The fraction of sp³-hybridized carbons (Fsp3) is 0.529. The lowest BCUT2D eigenvalue weighted by Gasteiger charge is -2.20. The summed E-state index contributed by atoms with van der Waals surface area (Å²) >= 11 is 0. The molecule has 1 aromatic carbocycles. The van der Waals surface area contributed by atoms with Gasteiger partial charge in [0.25, 0.3) is 0 Å². The lowest BCUT2D eigenvalue weighted by molar-refractivity contribution is -0.126. The highest BCUT2D eigenvalue weighted by Gasteiger charge is 2.20. The van der Waals surface area contributed by atoms with Crippen molar-refractivity contribution in [1.82, 2.24) is 10.6 Å². The van der Waals surface area contributed by atoms with Gasteiger partial charge in [-0.1, -0.05) is 19.3 Å². The Morgan fingerprint density at radius 2 is 1.74 bits per heavy atom. The van der Waals surface area contributed by atoms with E-state index < -0.39 is 17.5 Å². The maximum atomic E-state index is 13.4. The maximum Gasteiger partial charge on any atom is 0.224 e. The van der Waals surface area contributed by atoms with Crippen LogP contribution in [0.3, 0.4) is 0 Å². The second-order valence-electron chi connectivity index (χ2n) is 5.89. The largest absolute Gasteiger partial charge is 0.354 e. The Kier molecular flexibility index (Phi) is 6.50. The Balaban J connectivity index is 1.66. The number of amides is 2. The summed E-state index contributed by atoms with van der Waals surface area (Å²) in [6, 6.07) is 3.03. The topological polar surface area (TPSA) is 58.2 Å². The quantitative estimate of drug-likeness (QED) is 0.789. The minimum absolute atomic E-state index is 0.0220. The number of hydrogen-bond donors (Lipinski definition) is 2. The van der Waals surface area contributed by atoms with Crippen LogP contribution in [0.15, 0.2) is 18.2 Å². The predicted molar refractivity (Wildman–Crippen MR) is 82.7 cm³/mol. The van der Waals surface area contributed by atoms with Crippen molar-refractivity contribution in [3.63, 3.8) is 0 Å². The molecule has 0 spiro atoms. The van der Waals surface area contributed by atoms with Crippen LogP contribution in [0.5, 0.6) is 0 Å². The summed E-state index contributed by atoms with van der Waals surface area (Å²) in [5.41, 5.74) is 0.0220. The van der Waals surface area contributed by atoms with Gasteiger partial charge in [0.1, 0.15) is 11.6 Å². The third-order valence-electron chi connectivity index (χ3n) is 4.08. The molecule has 1 aliphatic rings. The second kappa shape index (κ2) is 8.60. The maximum absolute atomic E-state index is 13.4. The Hall–Kier alpha value is -1.98. The average Bonchev–Trinajstić information content (AvgIpc) is 2.55. The number of benzene rings is 1. The minimum Gasteiger partial charge on any atom is -0.354 e. The van der Waals surface area contributed by atoms with E-state index in [1.54, 1.807) is 0 Å². The van der Waals surface area contributed by atoms with Crippen molar-refractivity contribution in [2.24, 2.45) is 5.92 Å². The van der Waals surface area contributed by atoms with Crippen LogP contribution in [0, 0.1) is 17.6 Å². The Bertz CT molecular complexity index is 558. The van der Waals surface area contributed by atoms with Gasteiger partial charge in [-0.3, -0.25) is 9.59 Å². The van der Waals surface area contributed by atoms with E-state index in [-0.39, 0.29) is 30.4 Å². The van der Waals surface area contributed by atoms with Crippen molar-refractivity contribution in [3.8, 4) is 0 Å². The summed E-state index contributed by atoms with van der Waals surface area (Å²) in [5.74, 6) is -1.46. The number of nitrogens with one attached hydrogen (secondary N) is 2. The molecule has 1 aromatic rings. The molecule has 0 saturated heterocycles. The average molecular weight is 324 g/mol. The van der Waals surface area contributed by atoms with Crippen LogP contribution in [0.1, 0.15) is 37.7 Å². The molecule has 0 radical (unpaired) electrons. The molecule has 4 nitrogen and oxygen atoms in total. The minimum atomic E-state index is -0.604. The Morgan fingerprint density at radius 3 is 2.48 bits per heavy atom. The van der Waals surface area contributed by atoms with Gasteiger partial charge in [-0.2, -0.15) is 0 Å². The standard InChI is InChI=1S/C17H22F2N2O2/c18-14-6-7-15(19)13(10-14)11-16(22)20-8-9-21-17(23)12-4-2-1-3-5-12/h6-7,10,12H,1-5,8-9,11H2,(H,20,22)(H,21,23). The van der Waals surface area contributed by atoms with Gasteiger partial charge >= 0.3 is 0 Å². The SMILES string of the molecule is O=C(Cc1cc(F)ccc1F)NCCNC(=O)C1CCCCC1. The van der Waals surface area contributed by atoms with Crippen molar-refractivity contribution in [1.29, 1.82) is 0 Å². The summed E-state index contributed by atoms with van der Waals surface area (Å²) in [5, 5.41) is 5.40. The lowest BCUT2D eigenvalue weighted by Crippen LogP contribution is -2.38. The molecule has 0 unspecified atom stereocenters. The molecule has 1 fully saturated rings. The van der Waals surface area contributed by atoms with Gasteiger partial charge in [0.15, 0.2) is 0 Å². The van der Waals surface area contributed by atoms with Gasteiger partial charge in [-0.15, -0.1) is 0 Å². The van der Waals surface area contributed by atoms with Crippen molar-refractivity contribution in [2.45, 2.75) is 38.5 Å². The van der Waals surface area contributed by atoms with Crippen LogP contribution in [-0.4, -0.2) is 24.9 Å². The van der Waals surface area contributed by atoms with Crippen molar-refractivity contribution in [2.75, 3.05) is 13.1 Å². The summed E-state index contributed by atoms with van der Waals surface area (Å²) < 4.78 is 26.5. The molecule has 23 heavy (non-hydrogen) atoms. The molecular weight excluding hydrogens is 302 g/mol. The molecule has 2 amide bonds. The Labute approximate surface area is 134 Å². The van der Waals surface area contributed by atoms with Gasteiger partial charge in [-0.25, -0.2) is 8.78 Å². The highest BCUT2D eigenvalue weighted by Crippen LogP contribution is 2.23. The number of rotatable bonds is 6. The first kappa shape index (κ1) is 17.4. The van der Waals surface area contributed by atoms with E-state index in [9.17, 15) is 18.4 Å². The van der Waals surface area contributed by atoms with Crippen molar-refractivity contribution in [3.05, 3.63) is 35.4 Å². The van der Waals surface area contributed by atoms with Crippen LogP contribution in [0.4, 0.5) is 8.78 Å². The van der Waals surface area contributed by atoms with E-state index in [4.69, 9.17) is 0 Å². The fourth-order valence-electron chi connectivity index (χ4n) is 2.81. The van der Waals surface area contributed by atoms with E-state index in [2.05, 4.69) is 10.6 Å². The van der Waals surface area contributed by atoms with Gasteiger partial charge in [0.05, 0.1) is 6.42 Å². The van der Waals surface area contributed by atoms with Crippen LogP contribution in [0.2, 0.25) is 0 Å². The molecule has 1 saturated carbocycles. The zero-order valence-corrected chi connectivity index (χ0v) is 13.0. The first-order valence-electron chi connectivity index (χ1n) is 8.04. The molecule has 1 aliphatic carbocycles. The molecule has 2 N–H and O–H groups in total. The van der Waals surface area contributed by atoms with E-state index in [0.717, 1.165) is 43.9 Å². The molecular formula is C17H22F2N2O2. The van der Waals surface area contributed by atoms with Crippen molar-refractivity contribution >= 4 is 11.8 Å². The van der Waals surface area contributed by atoms with E-state index in [1.807, 2.05) is 0 Å². The van der Waals surface area contributed by atoms with Crippen LogP contribution in [-0.2, 0) is 16.0 Å². The van der Waals surface area contributed by atoms with Crippen LogP contribution in [0.25, 0.3) is 0 Å². The van der Waals surface area contributed by atoms with Gasteiger partial charge < -0.3 is 10.6 Å². The zero-order valence-electron chi connectivity index (χ0n) is 13.0. The Morgan fingerprint density at radius 1 is 1.04 bits per heavy atom. The zero-order chi connectivity index (χ0) is 16.7. The van der Waals surface area contributed by atoms with Gasteiger partial charge in [0, 0.05) is 24.6 Å². The summed E-state index contributed by atoms with van der Waals surface area (Å²) in [7, 11) is 0. The molecule has 126 valence electrons. The molecule has 0 heterocycles. The van der Waals surface area contributed by atoms with E-state index >= 15 is 0 Å².